The van der Waals surface area contributed by atoms with Crippen LogP contribution >= 0.6 is 11.6 Å². The summed E-state index contributed by atoms with van der Waals surface area (Å²) in [5.41, 5.74) is 5.98. The van der Waals surface area contributed by atoms with Gasteiger partial charge in [0.1, 0.15) is 22.6 Å². The van der Waals surface area contributed by atoms with Gasteiger partial charge in [0.15, 0.2) is 0 Å². The molecular weight excluding hydrogens is 340 g/mol. The van der Waals surface area contributed by atoms with Crippen molar-refractivity contribution < 1.29 is 18.3 Å². The number of carbonyl (C=O) groups excluding carboxylic acids is 1. The number of hydrogen-bond donors (Lipinski definition) is 2. The van der Waals surface area contributed by atoms with E-state index < -0.39 is 29.4 Å². The molecule has 0 bridgehead atoms. The highest BCUT2D eigenvalue weighted by Gasteiger charge is 2.41. The highest BCUT2D eigenvalue weighted by atomic mass is 35.5. The second-order valence-electron chi connectivity index (χ2n) is 5.62. The fourth-order valence-electron chi connectivity index (χ4n) is 3.05. The monoisotopic (exact) mass is 355 g/mol. The van der Waals surface area contributed by atoms with Gasteiger partial charge in [0.05, 0.1) is 13.0 Å². The van der Waals surface area contributed by atoms with Crippen molar-refractivity contribution in [2.75, 3.05) is 20.2 Å². The van der Waals surface area contributed by atoms with Gasteiger partial charge in [-0.3, -0.25) is 15.6 Å². The van der Waals surface area contributed by atoms with Gasteiger partial charge in [-0.05, 0) is 23.8 Å². The lowest BCUT2D eigenvalue weighted by molar-refractivity contribution is -0.145. The molecule has 2 aliphatic rings. The Morgan fingerprint density at radius 1 is 1.29 bits per heavy atom. The number of ether oxygens (including phenoxy) is 1. The van der Waals surface area contributed by atoms with Crippen molar-refractivity contribution in [3.8, 4) is 0 Å². The van der Waals surface area contributed by atoms with Crippen molar-refractivity contribution in [3.05, 3.63) is 58.5 Å². The molecule has 8 heteroatoms. The summed E-state index contributed by atoms with van der Waals surface area (Å²) in [5.74, 6) is -2.03. The van der Waals surface area contributed by atoms with E-state index in [1.807, 2.05) is 4.90 Å². The van der Waals surface area contributed by atoms with Crippen molar-refractivity contribution in [3.63, 3.8) is 0 Å². The number of hydrogen-bond acceptors (Lipinski definition) is 5. The van der Waals surface area contributed by atoms with E-state index in [0.29, 0.717) is 29.6 Å². The van der Waals surface area contributed by atoms with Crippen molar-refractivity contribution in [2.24, 2.45) is 5.92 Å². The molecule has 0 radical (unpaired) electrons. The Morgan fingerprint density at radius 3 is 2.71 bits per heavy atom. The maximum Gasteiger partial charge on any atom is 0.311 e. The van der Waals surface area contributed by atoms with Gasteiger partial charge < -0.3 is 9.64 Å². The Bertz CT molecular complexity index is 723. The number of benzene rings is 1. The molecule has 3 rings (SSSR count). The molecule has 24 heavy (non-hydrogen) atoms. The molecule has 0 aromatic heterocycles. The quantitative estimate of drug-likeness (QED) is 0.643. The molecule has 0 spiro atoms. The molecule has 0 amide bonds. The third-order valence-electron chi connectivity index (χ3n) is 4.22. The fraction of sp³-hybridized carbons (Fsp3) is 0.312. The Morgan fingerprint density at radius 2 is 2.08 bits per heavy atom. The molecule has 2 N–H and O–H groups in total. The molecule has 0 unspecified atom stereocenters. The van der Waals surface area contributed by atoms with Crippen LogP contribution < -0.4 is 10.9 Å². The predicted octanol–water partition coefficient (Wildman–Crippen LogP) is 2.18. The first-order chi connectivity index (χ1) is 11.5. The number of rotatable bonds is 3. The van der Waals surface area contributed by atoms with Crippen LogP contribution in [-0.4, -0.2) is 31.1 Å². The summed E-state index contributed by atoms with van der Waals surface area (Å²) in [6, 6.07) is 3.40. The minimum Gasteiger partial charge on any atom is -0.469 e. The smallest absolute Gasteiger partial charge is 0.311 e. The highest BCUT2D eigenvalue weighted by molar-refractivity contribution is 6.29. The summed E-state index contributed by atoms with van der Waals surface area (Å²) < 4.78 is 32.2. The average Bonchev–Trinajstić information content (AvgIpc) is 2.99. The summed E-state index contributed by atoms with van der Waals surface area (Å²) in [6.07, 6.45) is 3.43. The molecule has 0 aliphatic carbocycles. The summed E-state index contributed by atoms with van der Waals surface area (Å²) in [5, 5.41) is 0.434. The molecule has 128 valence electrons. The largest absolute Gasteiger partial charge is 0.469 e. The minimum atomic E-state index is -0.664. The van der Waals surface area contributed by atoms with Crippen LogP contribution in [-0.2, 0) is 9.53 Å². The molecule has 0 saturated carbocycles. The Kier molecular flexibility index (Phi) is 4.62. The van der Waals surface area contributed by atoms with Crippen LogP contribution in [0.25, 0.3) is 0 Å². The Labute approximate surface area is 142 Å². The first-order valence-corrected chi connectivity index (χ1v) is 7.74. The van der Waals surface area contributed by atoms with Gasteiger partial charge in [0.2, 0.25) is 0 Å². The third kappa shape index (κ3) is 3.17. The SMILES string of the molecule is COC(=O)[C@@H]1CN(C2=CC=C(Cl)NN2)C[C@H]1c1ccc(F)cc1F. The molecule has 1 aromatic rings. The lowest BCUT2D eigenvalue weighted by Crippen LogP contribution is -2.39. The third-order valence-corrected chi connectivity index (χ3v) is 4.44. The van der Waals surface area contributed by atoms with Crippen LogP contribution in [0, 0.1) is 17.6 Å². The number of carbonyl (C=O) groups is 1. The summed E-state index contributed by atoms with van der Waals surface area (Å²) in [6.45, 7) is 0.731. The van der Waals surface area contributed by atoms with Crippen LogP contribution in [0.4, 0.5) is 8.78 Å². The van der Waals surface area contributed by atoms with E-state index in [1.54, 1.807) is 12.2 Å². The number of likely N-dealkylation sites (tertiary alicyclic amines) is 1. The van der Waals surface area contributed by atoms with Gasteiger partial charge >= 0.3 is 5.97 Å². The van der Waals surface area contributed by atoms with Gasteiger partial charge in [0, 0.05) is 25.1 Å². The standard InChI is InChI=1S/C16H16ClF2N3O2/c1-24-16(23)12-8-22(15-5-4-14(17)20-21-15)7-11(12)10-3-2-9(18)6-13(10)19/h2-6,11-12,20-21H,7-8H2,1H3/t11-,12+/m0/s1. The van der Waals surface area contributed by atoms with E-state index in [9.17, 15) is 13.6 Å². The van der Waals surface area contributed by atoms with Crippen LogP contribution in [0.3, 0.4) is 0 Å². The summed E-state index contributed by atoms with van der Waals surface area (Å²) in [4.78, 5) is 14.0. The van der Waals surface area contributed by atoms with Crippen LogP contribution in [0.2, 0.25) is 0 Å². The number of esters is 1. The van der Waals surface area contributed by atoms with Crippen molar-refractivity contribution in [1.29, 1.82) is 0 Å². The first-order valence-electron chi connectivity index (χ1n) is 7.37. The predicted molar refractivity (Wildman–Crippen MR) is 84.5 cm³/mol. The minimum absolute atomic E-state index is 0.298. The van der Waals surface area contributed by atoms with E-state index in [1.165, 1.54) is 19.2 Å². The van der Waals surface area contributed by atoms with Gasteiger partial charge in [-0.1, -0.05) is 17.7 Å². The van der Waals surface area contributed by atoms with E-state index in [4.69, 9.17) is 16.3 Å². The summed E-state index contributed by atoms with van der Waals surface area (Å²) in [7, 11) is 1.30. The normalized spacial score (nSPS) is 23.1. The van der Waals surface area contributed by atoms with Crippen molar-refractivity contribution in [2.45, 2.75) is 5.92 Å². The maximum absolute atomic E-state index is 14.2. The Balaban J connectivity index is 1.90. The highest BCUT2D eigenvalue weighted by Crippen LogP contribution is 2.36. The fourth-order valence-corrected chi connectivity index (χ4v) is 3.16. The maximum atomic E-state index is 14.2. The van der Waals surface area contributed by atoms with Crippen LogP contribution in [0.5, 0.6) is 0 Å². The van der Waals surface area contributed by atoms with Gasteiger partial charge in [-0.2, -0.15) is 0 Å². The zero-order chi connectivity index (χ0) is 17.3. The zero-order valence-electron chi connectivity index (χ0n) is 12.9. The van der Waals surface area contributed by atoms with Crippen molar-refractivity contribution in [1.82, 2.24) is 15.8 Å². The number of allylic oxidation sites excluding steroid dienone is 2. The van der Waals surface area contributed by atoms with Crippen LogP contribution in [0.1, 0.15) is 11.5 Å². The molecular formula is C16H16ClF2N3O2. The lowest BCUT2D eigenvalue weighted by atomic mass is 9.88. The first kappa shape index (κ1) is 16.6. The molecule has 2 heterocycles. The van der Waals surface area contributed by atoms with Crippen molar-refractivity contribution >= 4 is 17.6 Å². The molecule has 1 fully saturated rings. The molecule has 5 nitrogen and oxygen atoms in total. The number of methoxy groups -OCH3 is 1. The molecule has 1 saturated heterocycles. The topological polar surface area (TPSA) is 53.6 Å². The Hall–Kier alpha value is -2.28. The number of hydrazine groups is 1. The van der Waals surface area contributed by atoms with E-state index in [-0.39, 0.29) is 0 Å². The number of halogens is 3. The molecule has 2 atom stereocenters. The van der Waals surface area contributed by atoms with Gasteiger partial charge in [-0.25, -0.2) is 8.78 Å². The van der Waals surface area contributed by atoms with Crippen LogP contribution in [0.15, 0.2) is 41.3 Å². The molecule has 1 aromatic carbocycles. The van der Waals surface area contributed by atoms with Gasteiger partial charge in [0.25, 0.3) is 0 Å². The van der Waals surface area contributed by atoms with Gasteiger partial charge in [-0.15, -0.1) is 0 Å². The summed E-state index contributed by atoms with van der Waals surface area (Å²) >= 11 is 5.82. The van der Waals surface area contributed by atoms with E-state index in [2.05, 4.69) is 10.9 Å². The second-order valence-corrected chi connectivity index (χ2v) is 6.03. The number of nitrogens with one attached hydrogen (secondary N) is 2. The zero-order valence-corrected chi connectivity index (χ0v) is 13.6. The number of nitrogens with zero attached hydrogens (tertiary/aromatic N) is 1. The van der Waals surface area contributed by atoms with E-state index >= 15 is 0 Å². The van der Waals surface area contributed by atoms with E-state index in [0.717, 1.165) is 6.07 Å². The molecule has 2 aliphatic heterocycles. The lowest BCUT2D eigenvalue weighted by Gasteiger charge is -2.25. The average molecular weight is 356 g/mol. The second kappa shape index (κ2) is 6.68.